The van der Waals surface area contributed by atoms with Gasteiger partial charge in [0.25, 0.3) is 0 Å². The van der Waals surface area contributed by atoms with Crippen LogP contribution in [0.2, 0.25) is 0 Å². The number of hydrogen-bond donors (Lipinski definition) is 1. The Morgan fingerprint density at radius 3 is 2.83 bits per heavy atom. The Morgan fingerprint density at radius 2 is 2.09 bits per heavy atom. The highest BCUT2D eigenvalue weighted by Gasteiger charge is 2.26. The number of hydrogen-bond acceptors (Lipinski definition) is 3. The molecule has 1 atom stereocenters. The van der Waals surface area contributed by atoms with E-state index in [1.807, 2.05) is 26.0 Å². The number of nitrogens with zero attached hydrogens (tertiary/aromatic N) is 1. The van der Waals surface area contributed by atoms with E-state index in [2.05, 4.69) is 28.5 Å². The third-order valence-corrected chi connectivity index (χ3v) is 3.94. The molecule has 0 radical (unpaired) electrons. The molecule has 2 heterocycles. The second kappa shape index (κ2) is 6.82. The Bertz CT molecular complexity index is 683. The molecular formula is C19H22N2O2. The third kappa shape index (κ3) is 3.70. The van der Waals surface area contributed by atoms with Crippen molar-refractivity contribution in [3.8, 4) is 16.9 Å². The first-order valence-corrected chi connectivity index (χ1v) is 8.09. The number of pyridine rings is 1. The smallest absolute Gasteiger partial charge is 0.220 e. The van der Waals surface area contributed by atoms with E-state index in [0.717, 1.165) is 23.3 Å². The lowest BCUT2D eigenvalue weighted by Gasteiger charge is -2.14. The summed E-state index contributed by atoms with van der Waals surface area (Å²) in [6.45, 7) is 4.64. The van der Waals surface area contributed by atoms with Gasteiger partial charge < -0.3 is 10.1 Å². The molecule has 1 N–H and O–H groups in total. The maximum Gasteiger partial charge on any atom is 0.220 e. The molecule has 0 spiro atoms. The summed E-state index contributed by atoms with van der Waals surface area (Å²) in [7, 11) is 0. The van der Waals surface area contributed by atoms with E-state index in [4.69, 9.17) is 4.74 Å². The first kappa shape index (κ1) is 15.5. The Kier molecular flexibility index (Phi) is 4.60. The van der Waals surface area contributed by atoms with Gasteiger partial charge in [0.2, 0.25) is 5.91 Å². The lowest BCUT2D eigenvalue weighted by molar-refractivity contribution is -0.122. The first-order valence-electron chi connectivity index (χ1n) is 8.09. The molecule has 1 aliphatic rings. The molecule has 23 heavy (non-hydrogen) atoms. The summed E-state index contributed by atoms with van der Waals surface area (Å²) < 4.78 is 6.11. The predicted octanol–water partition coefficient (Wildman–Crippen LogP) is 3.21. The van der Waals surface area contributed by atoms with Crippen molar-refractivity contribution in [2.45, 2.75) is 32.8 Å². The molecule has 0 bridgehead atoms. The van der Waals surface area contributed by atoms with E-state index >= 15 is 0 Å². The number of amides is 1. The van der Waals surface area contributed by atoms with E-state index in [9.17, 15) is 4.79 Å². The number of benzene rings is 1. The number of fused-ring (bicyclic) bond motifs is 1. The van der Waals surface area contributed by atoms with Gasteiger partial charge in [-0.1, -0.05) is 32.0 Å². The van der Waals surface area contributed by atoms with Crippen LogP contribution in [-0.4, -0.2) is 23.5 Å². The minimum absolute atomic E-state index is 0.00380. The normalized spacial score (nSPS) is 16.0. The van der Waals surface area contributed by atoms with Gasteiger partial charge in [-0.3, -0.25) is 9.78 Å². The van der Waals surface area contributed by atoms with Gasteiger partial charge in [-0.05, 0) is 29.2 Å². The van der Waals surface area contributed by atoms with Crippen LogP contribution in [-0.2, 0) is 11.2 Å². The van der Waals surface area contributed by atoms with E-state index in [1.165, 1.54) is 5.56 Å². The van der Waals surface area contributed by atoms with E-state index in [-0.39, 0.29) is 12.0 Å². The first-order chi connectivity index (χ1) is 11.1. The number of ether oxygens (including phenoxy) is 1. The Balaban J connectivity index is 1.68. The molecule has 2 aromatic rings. The molecule has 0 fully saturated rings. The molecule has 3 rings (SSSR count). The van der Waals surface area contributed by atoms with E-state index < -0.39 is 0 Å². The van der Waals surface area contributed by atoms with Crippen LogP contribution in [0.4, 0.5) is 0 Å². The molecule has 1 aromatic carbocycles. The summed E-state index contributed by atoms with van der Waals surface area (Å²) in [5.74, 6) is 1.39. The zero-order valence-electron chi connectivity index (χ0n) is 13.6. The second-order valence-electron chi connectivity index (χ2n) is 6.38. The quantitative estimate of drug-likeness (QED) is 0.922. The summed E-state index contributed by atoms with van der Waals surface area (Å²) in [5.41, 5.74) is 3.38. The molecule has 0 aliphatic carbocycles. The van der Waals surface area contributed by atoms with Gasteiger partial charge >= 0.3 is 0 Å². The predicted molar refractivity (Wildman–Crippen MR) is 90.3 cm³/mol. The van der Waals surface area contributed by atoms with Crippen LogP contribution in [0.15, 0.2) is 42.7 Å². The molecule has 1 aliphatic heterocycles. The van der Waals surface area contributed by atoms with Gasteiger partial charge in [0.15, 0.2) is 0 Å². The highest BCUT2D eigenvalue weighted by Crippen LogP contribution is 2.38. The lowest BCUT2D eigenvalue weighted by atomic mass is 10.0. The van der Waals surface area contributed by atoms with Gasteiger partial charge in [-0.2, -0.15) is 0 Å². The Morgan fingerprint density at radius 1 is 1.30 bits per heavy atom. The fourth-order valence-electron chi connectivity index (χ4n) is 2.88. The molecule has 4 nitrogen and oxygen atoms in total. The molecule has 0 saturated carbocycles. The summed E-state index contributed by atoms with van der Waals surface area (Å²) in [5, 5.41) is 2.98. The van der Waals surface area contributed by atoms with Gasteiger partial charge in [0.05, 0.1) is 6.54 Å². The molecule has 4 heteroatoms. The van der Waals surface area contributed by atoms with Crippen molar-refractivity contribution in [1.29, 1.82) is 0 Å². The van der Waals surface area contributed by atoms with Gasteiger partial charge in [0.1, 0.15) is 11.9 Å². The van der Waals surface area contributed by atoms with E-state index in [0.29, 0.717) is 18.9 Å². The average molecular weight is 310 g/mol. The van der Waals surface area contributed by atoms with E-state index in [1.54, 1.807) is 12.4 Å². The average Bonchev–Trinajstić information content (AvgIpc) is 2.96. The molecule has 1 amide bonds. The zero-order chi connectivity index (χ0) is 16.2. The fourth-order valence-corrected chi connectivity index (χ4v) is 2.88. The van der Waals surface area contributed by atoms with Crippen molar-refractivity contribution in [3.05, 3.63) is 48.3 Å². The number of aromatic nitrogens is 1. The Labute approximate surface area is 136 Å². The van der Waals surface area contributed by atoms with Crippen LogP contribution >= 0.6 is 0 Å². The van der Waals surface area contributed by atoms with Crippen LogP contribution in [0.25, 0.3) is 11.1 Å². The standard InChI is InChI=1S/C19H22N2O2/c1-13(2)10-18(22)21-12-16-11-15-4-3-5-17(19(15)23-16)14-6-8-20-9-7-14/h3-9,13,16H,10-12H2,1-2H3,(H,21,22)/t16-/m0/s1. The van der Waals surface area contributed by atoms with Crippen LogP contribution in [0.5, 0.6) is 5.75 Å². The molecular weight excluding hydrogens is 288 g/mol. The highest BCUT2D eigenvalue weighted by molar-refractivity contribution is 5.76. The number of nitrogens with one attached hydrogen (secondary N) is 1. The lowest BCUT2D eigenvalue weighted by Crippen LogP contribution is -2.34. The van der Waals surface area contributed by atoms with Crippen molar-refractivity contribution >= 4 is 5.91 Å². The number of rotatable bonds is 5. The third-order valence-electron chi connectivity index (χ3n) is 3.94. The highest BCUT2D eigenvalue weighted by atomic mass is 16.5. The summed E-state index contributed by atoms with van der Waals surface area (Å²) >= 11 is 0. The topological polar surface area (TPSA) is 51.2 Å². The van der Waals surface area contributed by atoms with Gasteiger partial charge in [-0.15, -0.1) is 0 Å². The number of carbonyl (C=O) groups is 1. The van der Waals surface area contributed by atoms with Crippen molar-refractivity contribution < 1.29 is 9.53 Å². The van der Waals surface area contributed by atoms with Crippen molar-refractivity contribution in [2.75, 3.05) is 6.54 Å². The van der Waals surface area contributed by atoms with Crippen molar-refractivity contribution in [1.82, 2.24) is 10.3 Å². The summed E-state index contributed by atoms with van der Waals surface area (Å²) in [4.78, 5) is 15.9. The Hall–Kier alpha value is -2.36. The summed E-state index contributed by atoms with van der Waals surface area (Å²) in [6.07, 6.45) is 4.96. The fraction of sp³-hybridized carbons (Fsp3) is 0.368. The maximum atomic E-state index is 11.8. The minimum atomic E-state index is 0.00380. The molecule has 0 unspecified atom stereocenters. The second-order valence-corrected chi connectivity index (χ2v) is 6.38. The SMILES string of the molecule is CC(C)CC(=O)NC[C@@H]1Cc2cccc(-c3ccncc3)c2O1. The molecule has 0 saturated heterocycles. The largest absolute Gasteiger partial charge is 0.487 e. The van der Waals surface area contributed by atoms with Gasteiger partial charge in [-0.25, -0.2) is 0 Å². The maximum absolute atomic E-state index is 11.8. The molecule has 120 valence electrons. The number of para-hydroxylation sites is 1. The van der Waals surface area contributed by atoms with Crippen molar-refractivity contribution in [2.24, 2.45) is 5.92 Å². The monoisotopic (exact) mass is 310 g/mol. The molecule has 1 aromatic heterocycles. The zero-order valence-corrected chi connectivity index (χ0v) is 13.6. The minimum Gasteiger partial charge on any atom is -0.487 e. The van der Waals surface area contributed by atoms with Crippen LogP contribution in [0.3, 0.4) is 0 Å². The number of carbonyl (C=O) groups excluding carboxylic acids is 1. The van der Waals surface area contributed by atoms with Gasteiger partial charge in [0, 0.05) is 30.8 Å². The van der Waals surface area contributed by atoms with Crippen LogP contribution in [0.1, 0.15) is 25.8 Å². The van der Waals surface area contributed by atoms with Crippen LogP contribution in [0, 0.1) is 5.92 Å². The summed E-state index contributed by atoms with van der Waals surface area (Å²) in [6, 6.07) is 10.2. The van der Waals surface area contributed by atoms with Crippen molar-refractivity contribution in [3.63, 3.8) is 0 Å². The van der Waals surface area contributed by atoms with Crippen LogP contribution < -0.4 is 10.1 Å².